The van der Waals surface area contributed by atoms with Gasteiger partial charge in [0.2, 0.25) is 0 Å². The zero-order valence-corrected chi connectivity index (χ0v) is 21.8. The summed E-state index contributed by atoms with van der Waals surface area (Å²) in [5.41, 5.74) is 7.51. The summed E-state index contributed by atoms with van der Waals surface area (Å²) < 4.78 is 11.3. The van der Waals surface area contributed by atoms with Crippen LogP contribution in [0.15, 0.2) is 53.9 Å². The average Bonchev–Trinajstić information content (AvgIpc) is 2.80. The van der Waals surface area contributed by atoms with Gasteiger partial charge in [-0.05, 0) is 65.0 Å². The van der Waals surface area contributed by atoms with Crippen LogP contribution < -0.4 is 25.8 Å². The quantitative estimate of drug-likeness (QED) is 0.303. The molecule has 9 nitrogen and oxygen atoms in total. The molecule has 10 heteroatoms. The van der Waals surface area contributed by atoms with E-state index in [2.05, 4.69) is 10.6 Å². The second-order valence-electron chi connectivity index (χ2n) is 9.12. The maximum atomic E-state index is 12.1. The highest BCUT2D eigenvalue weighted by Crippen LogP contribution is 2.30. The molecule has 1 amide bonds. The van der Waals surface area contributed by atoms with Gasteiger partial charge in [-0.15, -0.1) is 0 Å². The van der Waals surface area contributed by atoms with E-state index in [9.17, 15) is 4.79 Å². The lowest BCUT2D eigenvalue weighted by Gasteiger charge is -2.20. The Labute approximate surface area is 215 Å². The lowest BCUT2D eigenvalue weighted by atomic mass is 10.1. The number of anilines is 1. The Hall–Kier alpha value is -3.85. The smallest absolute Gasteiger partial charge is 0.258 e. The molecule has 0 aliphatic carbocycles. The Morgan fingerprint density at radius 3 is 2.47 bits per heavy atom. The highest BCUT2D eigenvalue weighted by atomic mass is 35.5. The maximum Gasteiger partial charge on any atom is 0.258 e. The van der Waals surface area contributed by atoms with Crippen molar-refractivity contribution in [2.24, 2.45) is 5.73 Å². The molecule has 0 atom stereocenters. The summed E-state index contributed by atoms with van der Waals surface area (Å²) in [4.78, 5) is 21.6. The Balaban J connectivity index is 2.01. The van der Waals surface area contributed by atoms with Crippen molar-refractivity contribution in [3.8, 4) is 22.9 Å². The Kier molecular flexibility index (Phi) is 8.37. The van der Waals surface area contributed by atoms with Gasteiger partial charge in [-0.25, -0.2) is 9.97 Å². The fourth-order valence-corrected chi connectivity index (χ4v) is 3.56. The largest absolute Gasteiger partial charge is 0.494 e. The number of rotatable bonds is 9. The van der Waals surface area contributed by atoms with Gasteiger partial charge in [0, 0.05) is 22.2 Å². The number of nitrogens with two attached hydrogens (primary N) is 1. The van der Waals surface area contributed by atoms with E-state index >= 15 is 0 Å². The third-order valence-corrected chi connectivity index (χ3v) is 5.00. The second kappa shape index (κ2) is 11.3. The summed E-state index contributed by atoms with van der Waals surface area (Å²) in [7, 11) is 0. The number of fused-ring (bicyclic) bond motifs is 1. The molecule has 0 bridgehead atoms. The number of nitrogens with one attached hydrogen (secondary N) is 3. The first kappa shape index (κ1) is 26.7. The molecule has 0 radical (unpaired) electrons. The van der Waals surface area contributed by atoms with E-state index < -0.39 is 0 Å². The molecule has 1 aromatic heterocycles. The Morgan fingerprint density at radius 2 is 1.83 bits per heavy atom. The van der Waals surface area contributed by atoms with Crippen molar-refractivity contribution in [1.82, 2.24) is 15.3 Å². The highest BCUT2D eigenvalue weighted by molar-refractivity contribution is 6.69. The van der Waals surface area contributed by atoms with Crippen molar-refractivity contribution in [3.63, 3.8) is 0 Å². The third kappa shape index (κ3) is 7.08. The van der Waals surface area contributed by atoms with Gasteiger partial charge < -0.3 is 25.8 Å². The fourth-order valence-electron chi connectivity index (χ4n) is 3.36. The molecule has 1 heterocycles. The second-order valence-corrected chi connectivity index (χ2v) is 9.50. The molecule has 0 aliphatic heterocycles. The van der Waals surface area contributed by atoms with Crippen molar-refractivity contribution in [1.29, 1.82) is 5.41 Å². The predicted octanol–water partition coefficient (Wildman–Crippen LogP) is 4.81. The van der Waals surface area contributed by atoms with Crippen LogP contribution in [0.25, 0.3) is 22.3 Å². The molecule has 2 aromatic carbocycles. The molecule has 3 aromatic rings. The first-order valence-electron chi connectivity index (χ1n) is 11.4. The van der Waals surface area contributed by atoms with Crippen LogP contribution in [0.2, 0.25) is 0 Å². The zero-order valence-electron chi connectivity index (χ0n) is 21.0. The number of nitrogens with zero attached hydrogens (tertiary/aromatic N) is 2. The normalized spacial score (nSPS) is 12.1. The van der Waals surface area contributed by atoms with E-state index in [4.69, 9.17) is 42.2 Å². The molecular formula is C26H31ClN6O3. The standard InChI is InChI=1S/C26H31ClN6O3/c1-6-35-18-10-11-20-19(13-18)25(31-22(15(2)28)23(27)29)32-24(30-20)16-8-7-9-17(12-16)36-14-21(34)33-26(3,4)5/h7-13,29H,6,14,28H2,1-5H3,(H,33,34)(H,30,31,32)/b22-15+,29-23?. The lowest BCUT2D eigenvalue weighted by Crippen LogP contribution is -2.43. The van der Waals surface area contributed by atoms with Gasteiger partial charge in [0.25, 0.3) is 5.91 Å². The average molecular weight is 511 g/mol. The van der Waals surface area contributed by atoms with Gasteiger partial charge in [-0.2, -0.15) is 0 Å². The molecule has 0 saturated carbocycles. The van der Waals surface area contributed by atoms with Gasteiger partial charge in [-0.3, -0.25) is 10.2 Å². The minimum Gasteiger partial charge on any atom is -0.494 e. The van der Waals surface area contributed by atoms with E-state index in [1.165, 1.54) is 0 Å². The summed E-state index contributed by atoms with van der Waals surface area (Å²) in [6, 6.07) is 12.6. The number of hydrogen-bond donors (Lipinski definition) is 4. The molecular weight excluding hydrogens is 480 g/mol. The number of carbonyl (C=O) groups excluding carboxylic acids is 1. The SMILES string of the molecule is CCOc1ccc2nc(-c3cccc(OCC(=O)NC(C)(C)C)c3)nc(N/C(C(=N)Cl)=C(\C)N)c2c1. The number of ether oxygens (including phenoxy) is 2. The van der Waals surface area contributed by atoms with E-state index in [-0.39, 0.29) is 28.9 Å². The molecule has 0 unspecified atom stereocenters. The summed E-state index contributed by atoms with van der Waals surface area (Å²) in [6.07, 6.45) is 0. The van der Waals surface area contributed by atoms with Crippen LogP contribution in [0.3, 0.4) is 0 Å². The first-order valence-corrected chi connectivity index (χ1v) is 11.8. The van der Waals surface area contributed by atoms with Crippen molar-refractivity contribution in [3.05, 3.63) is 53.9 Å². The van der Waals surface area contributed by atoms with Crippen LogP contribution >= 0.6 is 11.6 Å². The van der Waals surface area contributed by atoms with E-state index in [0.29, 0.717) is 51.9 Å². The van der Waals surface area contributed by atoms with E-state index in [1.54, 1.807) is 25.1 Å². The van der Waals surface area contributed by atoms with Crippen LogP contribution in [-0.4, -0.2) is 39.8 Å². The monoisotopic (exact) mass is 510 g/mol. The van der Waals surface area contributed by atoms with E-state index in [1.807, 2.05) is 52.0 Å². The molecule has 0 aliphatic rings. The third-order valence-electron chi connectivity index (χ3n) is 4.81. The van der Waals surface area contributed by atoms with Crippen LogP contribution in [0.1, 0.15) is 34.6 Å². The molecule has 190 valence electrons. The number of hydrogen-bond acceptors (Lipinski definition) is 8. The minimum absolute atomic E-state index is 0.117. The van der Waals surface area contributed by atoms with Crippen molar-refractivity contribution in [2.75, 3.05) is 18.5 Å². The van der Waals surface area contributed by atoms with Gasteiger partial charge in [0.15, 0.2) is 12.4 Å². The summed E-state index contributed by atoms with van der Waals surface area (Å²) in [5.74, 6) is 1.77. The topological polar surface area (TPSA) is 135 Å². The number of benzene rings is 2. The highest BCUT2D eigenvalue weighted by Gasteiger charge is 2.16. The zero-order chi connectivity index (χ0) is 26.5. The van der Waals surface area contributed by atoms with Crippen molar-refractivity contribution < 1.29 is 14.3 Å². The van der Waals surface area contributed by atoms with E-state index in [0.717, 1.165) is 0 Å². The number of amides is 1. The van der Waals surface area contributed by atoms with Gasteiger partial charge in [0.1, 0.15) is 22.5 Å². The van der Waals surface area contributed by atoms with Crippen molar-refractivity contribution >= 4 is 39.4 Å². The van der Waals surface area contributed by atoms with Crippen LogP contribution in [0.4, 0.5) is 5.82 Å². The van der Waals surface area contributed by atoms with Crippen LogP contribution in [0.5, 0.6) is 11.5 Å². The van der Waals surface area contributed by atoms with Gasteiger partial charge >= 0.3 is 0 Å². The molecule has 3 rings (SSSR count). The molecule has 36 heavy (non-hydrogen) atoms. The Morgan fingerprint density at radius 1 is 1.11 bits per heavy atom. The molecule has 0 saturated heterocycles. The Bertz CT molecular complexity index is 1310. The summed E-state index contributed by atoms with van der Waals surface area (Å²) in [6.45, 7) is 9.66. The number of allylic oxidation sites excluding steroid dienone is 2. The number of aromatic nitrogens is 2. The molecule has 0 spiro atoms. The molecule has 5 N–H and O–H groups in total. The minimum atomic E-state index is -0.346. The number of halogens is 1. The van der Waals surface area contributed by atoms with Gasteiger partial charge in [0.05, 0.1) is 17.8 Å². The summed E-state index contributed by atoms with van der Waals surface area (Å²) >= 11 is 5.96. The number of carbonyl (C=O) groups is 1. The predicted molar refractivity (Wildman–Crippen MR) is 144 cm³/mol. The van der Waals surface area contributed by atoms with Crippen LogP contribution in [0, 0.1) is 5.41 Å². The summed E-state index contributed by atoms with van der Waals surface area (Å²) in [5, 5.41) is 14.3. The fraction of sp³-hybridized carbons (Fsp3) is 0.308. The van der Waals surface area contributed by atoms with Gasteiger partial charge in [-0.1, -0.05) is 23.7 Å². The lowest BCUT2D eigenvalue weighted by molar-refractivity contribution is -0.124. The molecule has 0 fully saturated rings. The first-order chi connectivity index (χ1) is 17.0. The van der Waals surface area contributed by atoms with Crippen LogP contribution in [-0.2, 0) is 4.79 Å². The van der Waals surface area contributed by atoms with Crippen molar-refractivity contribution in [2.45, 2.75) is 40.2 Å². The maximum absolute atomic E-state index is 12.1.